The Balaban J connectivity index is 1.80. The van der Waals surface area contributed by atoms with Crippen LogP contribution in [0.1, 0.15) is 78.1 Å². The lowest BCUT2D eigenvalue weighted by Crippen LogP contribution is -2.57. The molecule has 0 spiro atoms. The molecule has 1 N–H and O–H groups in total. The summed E-state index contributed by atoms with van der Waals surface area (Å²) in [7, 11) is 0. The molecule has 2 saturated heterocycles. The molecule has 1 unspecified atom stereocenters. The molecule has 4 atom stereocenters. The highest BCUT2D eigenvalue weighted by Gasteiger charge is 2.38. The maximum absolute atomic E-state index is 10.2. The number of aliphatic hydroxyl groups is 1. The molecule has 22 heavy (non-hydrogen) atoms. The lowest BCUT2D eigenvalue weighted by atomic mass is 9.84. The molecule has 126 valence electrons. The first-order chi connectivity index (χ1) is 10.7. The summed E-state index contributed by atoms with van der Waals surface area (Å²) in [5, 5.41) is 10.2. The van der Waals surface area contributed by atoms with Crippen molar-refractivity contribution in [3.05, 3.63) is 24.3 Å². The third kappa shape index (κ3) is 4.96. The minimum atomic E-state index is -0.139. The molecule has 0 bridgehead atoms. The van der Waals surface area contributed by atoms with Crippen LogP contribution < -0.4 is 0 Å². The first-order valence-electron chi connectivity index (χ1n) is 9.53. The van der Waals surface area contributed by atoms with E-state index in [0.717, 1.165) is 6.42 Å². The molecule has 0 aromatic carbocycles. The van der Waals surface area contributed by atoms with Gasteiger partial charge in [0.1, 0.15) is 0 Å². The number of hydrogen-bond donors (Lipinski definition) is 1. The van der Waals surface area contributed by atoms with Crippen LogP contribution in [0.5, 0.6) is 0 Å². The van der Waals surface area contributed by atoms with Gasteiger partial charge in [-0.25, -0.2) is 0 Å². The van der Waals surface area contributed by atoms with Gasteiger partial charge in [-0.15, -0.1) is 0 Å². The number of hydrogen-bond acceptors (Lipinski definition) is 2. The maximum Gasteiger partial charge on any atom is 0.0693 e. The molecule has 0 aromatic heterocycles. The molecule has 0 amide bonds. The minimum absolute atomic E-state index is 0.139. The molecule has 2 rings (SSSR count). The zero-order valence-corrected chi connectivity index (χ0v) is 14.6. The third-order valence-corrected chi connectivity index (χ3v) is 5.47. The fourth-order valence-electron chi connectivity index (χ4n) is 4.11. The number of nitrogens with zero attached hydrogens (tertiary/aromatic N) is 1. The van der Waals surface area contributed by atoms with Crippen LogP contribution >= 0.6 is 0 Å². The van der Waals surface area contributed by atoms with Crippen LogP contribution in [0.25, 0.3) is 0 Å². The number of aliphatic hydroxyl groups excluding tert-OH is 1. The summed E-state index contributed by atoms with van der Waals surface area (Å²) in [6.45, 7) is 4.46. The molecule has 0 aliphatic carbocycles. The van der Waals surface area contributed by atoms with Crippen molar-refractivity contribution < 1.29 is 5.11 Å². The molecule has 2 heteroatoms. The number of fused-ring (bicyclic) bond motifs is 1. The topological polar surface area (TPSA) is 23.5 Å². The van der Waals surface area contributed by atoms with Gasteiger partial charge in [0.05, 0.1) is 6.10 Å². The Morgan fingerprint density at radius 1 is 1.05 bits per heavy atom. The smallest absolute Gasteiger partial charge is 0.0693 e. The molecule has 0 saturated carbocycles. The normalized spacial score (nSPS) is 33.6. The Labute approximate surface area is 137 Å². The third-order valence-electron chi connectivity index (χ3n) is 5.47. The van der Waals surface area contributed by atoms with Crippen molar-refractivity contribution in [3.8, 4) is 0 Å². The quantitative estimate of drug-likeness (QED) is 0.537. The van der Waals surface area contributed by atoms with Gasteiger partial charge < -0.3 is 5.11 Å². The summed E-state index contributed by atoms with van der Waals surface area (Å²) in [6.07, 6.45) is 21.6. The number of piperidine rings is 2. The summed E-state index contributed by atoms with van der Waals surface area (Å²) < 4.78 is 0. The van der Waals surface area contributed by atoms with Crippen molar-refractivity contribution in [2.45, 2.75) is 102 Å². The zero-order chi connectivity index (χ0) is 15.8. The number of unbranched alkanes of at least 4 members (excludes halogenated alkanes) is 4. The first-order valence-corrected chi connectivity index (χ1v) is 9.53. The van der Waals surface area contributed by atoms with Gasteiger partial charge in [-0.1, -0.05) is 56.9 Å². The summed E-state index contributed by atoms with van der Waals surface area (Å²) >= 11 is 0. The summed E-state index contributed by atoms with van der Waals surface area (Å²) in [5.41, 5.74) is 0. The molecular formula is C20H35NO. The van der Waals surface area contributed by atoms with Crippen LogP contribution in [0.15, 0.2) is 24.3 Å². The van der Waals surface area contributed by atoms with Gasteiger partial charge in [-0.2, -0.15) is 0 Å². The molecular weight excluding hydrogens is 270 g/mol. The van der Waals surface area contributed by atoms with Gasteiger partial charge in [0.25, 0.3) is 0 Å². The average molecular weight is 306 g/mol. The fourth-order valence-corrected chi connectivity index (χ4v) is 4.11. The number of rotatable bonds is 7. The molecule has 2 aliphatic heterocycles. The van der Waals surface area contributed by atoms with Gasteiger partial charge >= 0.3 is 0 Å². The second-order valence-corrected chi connectivity index (χ2v) is 7.15. The van der Waals surface area contributed by atoms with Gasteiger partial charge in [0.15, 0.2) is 0 Å². The van der Waals surface area contributed by atoms with E-state index in [0.29, 0.717) is 18.1 Å². The molecule has 2 aliphatic rings. The van der Waals surface area contributed by atoms with E-state index in [4.69, 9.17) is 0 Å². The van der Waals surface area contributed by atoms with Crippen molar-refractivity contribution in [2.75, 3.05) is 0 Å². The van der Waals surface area contributed by atoms with E-state index in [1.807, 2.05) is 0 Å². The van der Waals surface area contributed by atoms with Crippen molar-refractivity contribution in [3.63, 3.8) is 0 Å². The van der Waals surface area contributed by atoms with Crippen molar-refractivity contribution in [1.29, 1.82) is 0 Å². The largest absolute Gasteiger partial charge is 0.392 e. The Hall–Kier alpha value is -0.600. The predicted molar refractivity (Wildman–Crippen MR) is 95.0 cm³/mol. The van der Waals surface area contributed by atoms with Crippen LogP contribution in [0, 0.1) is 0 Å². The summed E-state index contributed by atoms with van der Waals surface area (Å²) in [5.74, 6) is 0. The van der Waals surface area contributed by atoms with E-state index in [2.05, 4.69) is 43.1 Å². The summed E-state index contributed by atoms with van der Waals surface area (Å²) in [6, 6.07) is 1.53. The molecule has 0 aromatic rings. The van der Waals surface area contributed by atoms with E-state index in [1.54, 1.807) is 0 Å². The molecule has 2 fully saturated rings. The maximum atomic E-state index is 10.2. The van der Waals surface area contributed by atoms with E-state index in [9.17, 15) is 5.11 Å². The summed E-state index contributed by atoms with van der Waals surface area (Å²) in [4.78, 5) is 2.59. The molecule has 2 heterocycles. The van der Waals surface area contributed by atoms with Gasteiger partial charge in [-0.3, -0.25) is 4.90 Å². The van der Waals surface area contributed by atoms with E-state index >= 15 is 0 Å². The second kappa shape index (κ2) is 9.52. The predicted octanol–water partition coefficient (Wildman–Crippen LogP) is 4.84. The SMILES string of the molecule is CCCCCC/C=C/C=C/[C@@H]1CCCC2CC[C@@H](O)[C@H](C)N21. The van der Waals surface area contributed by atoms with E-state index in [-0.39, 0.29) is 6.10 Å². The standard InChI is InChI=1S/C20H35NO/c1-3-4-5-6-7-8-9-10-12-18-13-11-14-19-15-16-20(22)17(2)21(18)19/h8-10,12,17-20,22H,3-7,11,13-16H2,1-2H3/b9-8+,12-10+/t17-,18+,19?,20+/m0/s1. The van der Waals surface area contributed by atoms with Crippen LogP contribution in [0.4, 0.5) is 0 Å². The van der Waals surface area contributed by atoms with E-state index in [1.165, 1.54) is 57.8 Å². The fraction of sp³-hybridized carbons (Fsp3) is 0.800. The Bertz CT molecular complexity index is 361. The number of allylic oxidation sites excluding steroid dienone is 3. The Morgan fingerprint density at radius 3 is 2.73 bits per heavy atom. The molecule has 2 nitrogen and oxygen atoms in total. The van der Waals surface area contributed by atoms with Gasteiger partial charge in [-0.05, 0) is 45.4 Å². The minimum Gasteiger partial charge on any atom is -0.392 e. The van der Waals surface area contributed by atoms with Crippen LogP contribution in [0.2, 0.25) is 0 Å². The highest BCUT2D eigenvalue weighted by atomic mass is 16.3. The monoisotopic (exact) mass is 305 g/mol. The molecule has 0 radical (unpaired) electrons. The van der Waals surface area contributed by atoms with Crippen LogP contribution in [-0.4, -0.2) is 34.2 Å². The Morgan fingerprint density at radius 2 is 1.91 bits per heavy atom. The second-order valence-electron chi connectivity index (χ2n) is 7.15. The van der Waals surface area contributed by atoms with Crippen LogP contribution in [-0.2, 0) is 0 Å². The van der Waals surface area contributed by atoms with Crippen molar-refractivity contribution >= 4 is 0 Å². The average Bonchev–Trinajstić information content (AvgIpc) is 2.53. The first kappa shape index (κ1) is 17.7. The highest BCUT2D eigenvalue weighted by Crippen LogP contribution is 2.34. The van der Waals surface area contributed by atoms with Gasteiger partial charge in [0.2, 0.25) is 0 Å². The van der Waals surface area contributed by atoms with Crippen LogP contribution in [0.3, 0.4) is 0 Å². The van der Waals surface area contributed by atoms with Crippen molar-refractivity contribution in [2.24, 2.45) is 0 Å². The van der Waals surface area contributed by atoms with Gasteiger partial charge in [0, 0.05) is 18.1 Å². The lowest BCUT2D eigenvalue weighted by molar-refractivity contribution is -0.0460. The Kier molecular flexibility index (Phi) is 7.68. The highest BCUT2D eigenvalue weighted by molar-refractivity contribution is 5.09. The zero-order valence-electron chi connectivity index (χ0n) is 14.6. The van der Waals surface area contributed by atoms with E-state index < -0.39 is 0 Å². The lowest BCUT2D eigenvalue weighted by Gasteiger charge is -2.49. The van der Waals surface area contributed by atoms with Crippen molar-refractivity contribution in [1.82, 2.24) is 4.90 Å².